The number of sulfonamides is 1. The maximum Gasteiger partial charge on any atom is 0.409 e. The SMILES string of the molecule is CCOC(=O)N1CCC(N2CCN(S(=O)(=O)c3ccccc3C)CC2)CC1. The molecule has 0 aliphatic carbocycles. The lowest BCUT2D eigenvalue weighted by Gasteiger charge is -2.42. The number of hydrogen-bond donors (Lipinski definition) is 0. The Bertz CT molecular complexity index is 752. The summed E-state index contributed by atoms with van der Waals surface area (Å²) in [4.78, 5) is 16.3. The third-order valence-corrected chi connectivity index (χ3v) is 7.55. The third kappa shape index (κ3) is 4.44. The van der Waals surface area contributed by atoms with E-state index >= 15 is 0 Å². The molecular weight excluding hydrogens is 366 g/mol. The van der Waals surface area contributed by atoms with Gasteiger partial charge >= 0.3 is 6.09 Å². The molecule has 0 spiro atoms. The van der Waals surface area contributed by atoms with Crippen molar-refractivity contribution in [2.75, 3.05) is 45.9 Å². The minimum absolute atomic E-state index is 0.231. The van der Waals surface area contributed by atoms with Crippen LogP contribution in [-0.2, 0) is 14.8 Å². The van der Waals surface area contributed by atoms with Crippen molar-refractivity contribution in [3.63, 3.8) is 0 Å². The molecule has 150 valence electrons. The minimum atomic E-state index is -3.44. The Morgan fingerprint density at radius 1 is 1.07 bits per heavy atom. The molecule has 2 aliphatic rings. The van der Waals surface area contributed by atoms with Crippen molar-refractivity contribution in [3.05, 3.63) is 29.8 Å². The second kappa shape index (κ2) is 8.58. The number of hydrogen-bond acceptors (Lipinski definition) is 5. The topological polar surface area (TPSA) is 70.2 Å². The van der Waals surface area contributed by atoms with E-state index in [1.807, 2.05) is 26.0 Å². The lowest BCUT2D eigenvalue weighted by atomic mass is 10.0. The van der Waals surface area contributed by atoms with E-state index in [-0.39, 0.29) is 6.09 Å². The summed E-state index contributed by atoms with van der Waals surface area (Å²) in [5.41, 5.74) is 0.784. The zero-order valence-corrected chi connectivity index (χ0v) is 17.0. The minimum Gasteiger partial charge on any atom is -0.450 e. The summed E-state index contributed by atoms with van der Waals surface area (Å²) >= 11 is 0. The molecule has 1 amide bonds. The summed E-state index contributed by atoms with van der Waals surface area (Å²) in [5, 5.41) is 0. The molecule has 27 heavy (non-hydrogen) atoms. The largest absolute Gasteiger partial charge is 0.450 e. The number of likely N-dealkylation sites (tertiary alicyclic amines) is 1. The van der Waals surface area contributed by atoms with Crippen molar-refractivity contribution in [2.24, 2.45) is 0 Å². The molecular formula is C19H29N3O4S. The number of amides is 1. The second-order valence-corrected chi connectivity index (χ2v) is 9.03. The summed E-state index contributed by atoms with van der Waals surface area (Å²) < 4.78 is 32.5. The normalized spacial score (nSPS) is 20.6. The first-order chi connectivity index (χ1) is 12.9. The Kier molecular flexibility index (Phi) is 6.39. The van der Waals surface area contributed by atoms with Crippen molar-refractivity contribution in [3.8, 4) is 0 Å². The predicted octanol–water partition coefficient (Wildman–Crippen LogP) is 1.92. The standard InChI is InChI=1S/C19H29N3O4S/c1-3-26-19(23)21-10-8-17(9-11-21)20-12-14-22(15-13-20)27(24,25)18-7-5-4-6-16(18)2/h4-7,17H,3,8-15H2,1-2H3. The third-order valence-electron chi connectivity index (χ3n) is 5.49. The smallest absolute Gasteiger partial charge is 0.409 e. The van der Waals surface area contributed by atoms with E-state index in [4.69, 9.17) is 4.74 Å². The number of rotatable bonds is 4. The highest BCUT2D eigenvalue weighted by Gasteiger charge is 2.33. The Morgan fingerprint density at radius 3 is 2.30 bits per heavy atom. The predicted molar refractivity (Wildman–Crippen MR) is 103 cm³/mol. The van der Waals surface area contributed by atoms with Crippen LogP contribution in [-0.4, -0.2) is 80.5 Å². The number of ether oxygens (including phenoxy) is 1. The molecule has 0 atom stereocenters. The van der Waals surface area contributed by atoms with Crippen molar-refractivity contribution >= 4 is 16.1 Å². The summed E-state index contributed by atoms with van der Waals surface area (Å²) in [6.07, 6.45) is 1.58. The van der Waals surface area contributed by atoms with Crippen LogP contribution in [0.3, 0.4) is 0 Å². The van der Waals surface area contributed by atoms with Crippen LogP contribution in [0.4, 0.5) is 4.79 Å². The van der Waals surface area contributed by atoms with Crippen LogP contribution >= 0.6 is 0 Å². The number of nitrogens with zero attached hydrogens (tertiary/aromatic N) is 3. The van der Waals surface area contributed by atoms with Gasteiger partial charge in [-0.3, -0.25) is 4.90 Å². The summed E-state index contributed by atoms with van der Waals surface area (Å²) in [7, 11) is -3.44. The number of piperidine rings is 1. The Hall–Kier alpha value is -1.64. The molecule has 1 aromatic carbocycles. The highest BCUT2D eigenvalue weighted by Crippen LogP contribution is 2.23. The van der Waals surface area contributed by atoms with Gasteiger partial charge in [-0.05, 0) is 38.3 Å². The Labute approximate surface area is 161 Å². The van der Waals surface area contributed by atoms with Gasteiger partial charge in [0.15, 0.2) is 0 Å². The van der Waals surface area contributed by atoms with Crippen LogP contribution in [0.2, 0.25) is 0 Å². The van der Waals surface area contributed by atoms with Crippen LogP contribution < -0.4 is 0 Å². The van der Waals surface area contributed by atoms with Crippen molar-refractivity contribution < 1.29 is 17.9 Å². The number of carbonyl (C=O) groups excluding carboxylic acids is 1. The van der Waals surface area contributed by atoms with Crippen LogP contribution in [0.5, 0.6) is 0 Å². The van der Waals surface area contributed by atoms with Gasteiger partial charge in [0.25, 0.3) is 0 Å². The fraction of sp³-hybridized carbons (Fsp3) is 0.632. The average Bonchev–Trinajstić information content (AvgIpc) is 2.68. The van der Waals surface area contributed by atoms with E-state index in [1.165, 1.54) is 0 Å². The van der Waals surface area contributed by atoms with E-state index in [2.05, 4.69) is 4.90 Å². The first kappa shape index (κ1) is 20.1. The fourth-order valence-electron chi connectivity index (χ4n) is 3.92. The van der Waals surface area contributed by atoms with Gasteiger partial charge in [-0.15, -0.1) is 0 Å². The average molecular weight is 396 g/mol. The van der Waals surface area contributed by atoms with Gasteiger partial charge in [0.05, 0.1) is 11.5 Å². The van der Waals surface area contributed by atoms with Gasteiger partial charge in [0.1, 0.15) is 0 Å². The van der Waals surface area contributed by atoms with Crippen LogP contribution in [0.25, 0.3) is 0 Å². The highest BCUT2D eigenvalue weighted by atomic mass is 32.2. The lowest BCUT2D eigenvalue weighted by Crippen LogP contribution is -2.54. The number of carbonyl (C=O) groups is 1. The Morgan fingerprint density at radius 2 is 1.70 bits per heavy atom. The second-order valence-electron chi connectivity index (χ2n) is 7.12. The molecule has 2 saturated heterocycles. The molecule has 0 unspecified atom stereocenters. The monoisotopic (exact) mass is 395 g/mol. The van der Waals surface area contributed by atoms with Gasteiger partial charge in [-0.2, -0.15) is 4.31 Å². The number of aryl methyl sites for hydroxylation is 1. The Balaban J connectivity index is 1.54. The van der Waals surface area contributed by atoms with Gasteiger partial charge in [-0.25, -0.2) is 13.2 Å². The van der Waals surface area contributed by atoms with Gasteiger partial charge in [-0.1, -0.05) is 18.2 Å². The van der Waals surface area contributed by atoms with Crippen molar-refractivity contribution in [2.45, 2.75) is 37.6 Å². The molecule has 0 N–H and O–H groups in total. The molecule has 7 nitrogen and oxygen atoms in total. The molecule has 0 saturated carbocycles. The summed E-state index contributed by atoms with van der Waals surface area (Å²) in [6, 6.07) is 7.55. The molecule has 3 rings (SSSR count). The molecule has 8 heteroatoms. The van der Waals surface area contributed by atoms with Gasteiger partial charge in [0, 0.05) is 45.3 Å². The van der Waals surface area contributed by atoms with Crippen molar-refractivity contribution in [1.82, 2.24) is 14.1 Å². The lowest BCUT2D eigenvalue weighted by molar-refractivity contribution is 0.0633. The molecule has 2 heterocycles. The van der Waals surface area contributed by atoms with E-state index in [0.29, 0.717) is 43.7 Å². The van der Waals surface area contributed by atoms with Crippen LogP contribution in [0, 0.1) is 6.92 Å². The molecule has 0 bridgehead atoms. The highest BCUT2D eigenvalue weighted by molar-refractivity contribution is 7.89. The van der Waals surface area contributed by atoms with Gasteiger partial charge < -0.3 is 9.64 Å². The molecule has 0 aromatic heterocycles. The maximum atomic E-state index is 12.9. The zero-order chi connectivity index (χ0) is 19.4. The first-order valence-corrected chi connectivity index (χ1v) is 11.1. The molecule has 2 fully saturated rings. The quantitative estimate of drug-likeness (QED) is 0.779. The molecule has 1 aromatic rings. The molecule has 0 radical (unpaired) electrons. The van der Waals surface area contributed by atoms with Gasteiger partial charge in [0.2, 0.25) is 10.0 Å². The van der Waals surface area contributed by atoms with E-state index in [9.17, 15) is 13.2 Å². The number of piperazine rings is 1. The zero-order valence-electron chi connectivity index (χ0n) is 16.1. The van der Waals surface area contributed by atoms with E-state index in [1.54, 1.807) is 21.3 Å². The van der Waals surface area contributed by atoms with Crippen LogP contribution in [0.15, 0.2) is 29.2 Å². The summed E-state index contributed by atoms with van der Waals surface area (Å²) in [5.74, 6) is 0. The first-order valence-electron chi connectivity index (χ1n) is 9.65. The summed E-state index contributed by atoms with van der Waals surface area (Å²) in [6.45, 7) is 7.93. The van der Waals surface area contributed by atoms with E-state index in [0.717, 1.165) is 31.5 Å². The maximum absolute atomic E-state index is 12.9. The van der Waals surface area contributed by atoms with Crippen LogP contribution in [0.1, 0.15) is 25.3 Å². The van der Waals surface area contributed by atoms with E-state index < -0.39 is 10.0 Å². The fourth-order valence-corrected chi connectivity index (χ4v) is 5.57. The molecule has 2 aliphatic heterocycles. The van der Waals surface area contributed by atoms with Crippen molar-refractivity contribution in [1.29, 1.82) is 0 Å². The number of benzene rings is 1.